The van der Waals surface area contributed by atoms with Crippen LogP contribution in [0, 0.1) is 0 Å². The number of ether oxygens (including phenoxy) is 2. The monoisotopic (exact) mass is 432 g/mol. The second kappa shape index (κ2) is 13.3. The molecule has 0 saturated heterocycles. The fourth-order valence-electron chi connectivity index (χ4n) is 2.41. The highest BCUT2D eigenvalue weighted by atomic mass is 79.9. The Morgan fingerprint density at radius 3 is 1.63 bits per heavy atom. The predicted molar refractivity (Wildman–Crippen MR) is 115 cm³/mol. The molecule has 0 aliphatic carbocycles. The van der Waals surface area contributed by atoms with Crippen LogP contribution >= 0.6 is 15.9 Å². The summed E-state index contributed by atoms with van der Waals surface area (Å²) in [4.78, 5) is 0. The molecular weight excluding hydrogens is 404 g/mol. The summed E-state index contributed by atoms with van der Waals surface area (Å²) in [5.41, 5.74) is 1.62. The van der Waals surface area contributed by atoms with E-state index < -0.39 is 0 Å². The van der Waals surface area contributed by atoms with Crippen molar-refractivity contribution >= 4 is 27.3 Å². The minimum Gasteiger partial charge on any atom is -0.494 e. The van der Waals surface area contributed by atoms with Crippen molar-refractivity contribution in [3.63, 3.8) is 0 Å². The van der Waals surface area contributed by atoms with Gasteiger partial charge in [0.05, 0.1) is 24.6 Å². The molecular formula is C22H29BrN2O2. The van der Waals surface area contributed by atoms with Crippen molar-refractivity contribution in [1.82, 2.24) is 0 Å². The van der Waals surface area contributed by atoms with E-state index in [0.717, 1.165) is 60.7 Å². The Labute approximate surface area is 171 Å². The van der Waals surface area contributed by atoms with Crippen LogP contribution in [0.3, 0.4) is 0 Å². The first-order chi connectivity index (χ1) is 13.3. The molecule has 4 nitrogen and oxygen atoms in total. The zero-order valence-corrected chi connectivity index (χ0v) is 17.7. The minimum atomic E-state index is 0.753. The molecule has 0 N–H and O–H groups in total. The fraction of sp³-hybridized carbons (Fsp3) is 0.455. The molecule has 0 aromatic heterocycles. The zero-order chi connectivity index (χ0) is 19.2. The molecule has 0 fully saturated rings. The zero-order valence-electron chi connectivity index (χ0n) is 16.1. The maximum atomic E-state index is 5.76. The number of nitrogens with zero attached hydrogens (tertiary/aromatic N) is 2. The summed E-state index contributed by atoms with van der Waals surface area (Å²) in [6, 6.07) is 15.4. The van der Waals surface area contributed by atoms with E-state index >= 15 is 0 Å². The van der Waals surface area contributed by atoms with E-state index in [1.54, 1.807) is 0 Å². The van der Waals surface area contributed by atoms with Crippen LogP contribution in [0.4, 0.5) is 11.4 Å². The Balaban J connectivity index is 1.74. The number of alkyl halides is 1. The molecule has 2 aromatic rings. The Morgan fingerprint density at radius 2 is 1.15 bits per heavy atom. The summed E-state index contributed by atoms with van der Waals surface area (Å²) in [7, 11) is 0. The average Bonchev–Trinajstić information content (AvgIpc) is 2.71. The molecule has 0 aliphatic heterocycles. The molecule has 27 heavy (non-hydrogen) atoms. The van der Waals surface area contributed by atoms with Gasteiger partial charge < -0.3 is 9.47 Å². The van der Waals surface area contributed by atoms with E-state index in [1.807, 2.05) is 48.5 Å². The van der Waals surface area contributed by atoms with E-state index in [9.17, 15) is 0 Å². The number of hydrogen-bond acceptors (Lipinski definition) is 4. The molecule has 0 saturated carbocycles. The quantitative estimate of drug-likeness (QED) is 0.185. The van der Waals surface area contributed by atoms with Crippen LogP contribution in [0.5, 0.6) is 11.5 Å². The summed E-state index contributed by atoms with van der Waals surface area (Å²) in [5, 5.41) is 9.63. The van der Waals surface area contributed by atoms with Gasteiger partial charge in [-0.15, -0.1) is 0 Å². The lowest BCUT2D eigenvalue weighted by atomic mass is 10.2. The van der Waals surface area contributed by atoms with E-state index in [-0.39, 0.29) is 0 Å². The number of unbranched alkanes of at least 4 members (excludes halogenated alkanes) is 4. The van der Waals surface area contributed by atoms with Crippen molar-refractivity contribution in [3.05, 3.63) is 48.5 Å². The lowest BCUT2D eigenvalue weighted by molar-refractivity contribution is 0.305. The number of rotatable bonds is 13. The van der Waals surface area contributed by atoms with Gasteiger partial charge in [-0.05, 0) is 67.8 Å². The third-order valence-corrected chi connectivity index (χ3v) is 4.58. The average molecular weight is 433 g/mol. The molecule has 5 heteroatoms. The van der Waals surface area contributed by atoms with E-state index in [1.165, 1.54) is 19.3 Å². The lowest BCUT2D eigenvalue weighted by Crippen LogP contribution is -1.96. The molecule has 0 spiro atoms. The van der Waals surface area contributed by atoms with Crippen molar-refractivity contribution in [2.24, 2.45) is 10.2 Å². The first-order valence-electron chi connectivity index (χ1n) is 9.75. The molecule has 0 heterocycles. The Bertz CT molecular complexity index is 657. The highest BCUT2D eigenvalue weighted by molar-refractivity contribution is 9.09. The molecule has 0 atom stereocenters. The Morgan fingerprint density at radius 1 is 0.667 bits per heavy atom. The van der Waals surface area contributed by atoms with Crippen LogP contribution < -0.4 is 9.47 Å². The number of hydrogen-bond donors (Lipinski definition) is 0. The van der Waals surface area contributed by atoms with Crippen LogP contribution in [0.1, 0.15) is 45.4 Å². The lowest BCUT2D eigenvalue weighted by Gasteiger charge is -2.06. The van der Waals surface area contributed by atoms with Crippen LogP contribution in [0.15, 0.2) is 58.8 Å². The molecule has 2 rings (SSSR count). The smallest absolute Gasteiger partial charge is 0.119 e. The van der Waals surface area contributed by atoms with Crippen molar-refractivity contribution in [2.75, 3.05) is 18.5 Å². The van der Waals surface area contributed by atoms with Gasteiger partial charge in [0.1, 0.15) is 11.5 Å². The first-order valence-corrected chi connectivity index (χ1v) is 10.9. The van der Waals surface area contributed by atoms with Crippen LogP contribution in [0.25, 0.3) is 0 Å². The summed E-state index contributed by atoms with van der Waals surface area (Å²) in [6.45, 7) is 3.66. The number of halogens is 1. The van der Waals surface area contributed by atoms with Crippen molar-refractivity contribution in [1.29, 1.82) is 0 Å². The number of benzene rings is 2. The van der Waals surface area contributed by atoms with Gasteiger partial charge in [0.25, 0.3) is 0 Å². The first kappa shape index (κ1) is 21.4. The van der Waals surface area contributed by atoms with Crippen molar-refractivity contribution in [3.8, 4) is 11.5 Å². The third-order valence-electron chi connectivity index (χ3n) is 4.02. The normalized spacial score (nSPS) is 11.0. The van der Waals surface area contributed by atoms with Crippen molar-refractivity contribution < 1.29 is 9.47 Å². The molecule has 146 valence electrons. The molecule has 0 radical (unpaired) electrons. The van der Waals surface area contributed by atoms with Crippen LogP contribution in [0.2, 0.25) is 0 Å². The summed E-state index contributed by atoms with van der Waals surface area (Å²) in [6.07, 6.45) is 6.98. The molecule has 0 bridgehead atoms. The molecule has 2 aromatic carbocycles. The maximum absolute atomic E-state index is 5.76. The van der Waals surface area contributed by atoms with E-state index in [0.29, 0.717) is 0 Å². The van der Waals surface area contributed by atoms with Gasteiger partial charge >= 0.3 is 0 Å². The Hall–Kier alpha value is -1.88. The third kappa shape index (κ3) is 9.05. The van der Waals surface area contributed by atoms with Crippen molar-refractivity contribution in [2.45, 2.75) is 45.4 Å². The minimum absolute atomic E-state index is 0.753. The van der Waals surface area contributed by atoms with Crippen LogP contribution in [-0.4, -0.2) is 18.5 Å². The summed E-state index contributed by atoms with van der Waals surface area (Å²) < 4.78 is 11.4. The standard InChI is InChI=1S/C22H29BrN2O2/c1-2-3-17-26-21-12-8-19(9-13-21)24-25-20-10-14-22(15-11-20)27-18-7-5-4-6-16-23/h8-15H,2-7,16-18H2,1H3. The molecule has 0 amide bonds. The van der Waals surface area contributed by atoms with Gasteiger partial charge in [0, 0.05) is 5.33 Å². The van der Waals surface area contributed by atoms with E-state index in [4.69, 9.17) is 9.47 Å². The van der Waals surface area contributed by atoms with Gasteiger partial charge in [-0.25, -0.2) is 0 Å². The van der Waals surface area contributed by atoms with Gasteiger partial charge in [-0.1, -0.05) is 42.1 Å². The topological polar surface area (TPSA) is 43.2 Å². The maximum Gasteiger partial charge on any atom is 0.119 e. The largest absolute Gasteiger partial charge is 0.494 e. The summed E-state index contributed by atoms with van der Waals surface area (Å²) in [5.74, 6) is 1.75. The van der Waals surface area contributed by atoms with Gasteiger partial charge in [-0.2, -0.15) is 10.2 Å². The van der Waals surface area contributed by atoms with Gasteiger partial charge in [-0.3, -0.25) is 0 Å². The SMILES string of the molecule is CCCCOc1ccc(N=Nc2ccc(OCCCCCCBr)cc2)cc1. The van der Waals surface area contributed by atoms with Gasteiger partial charge in [0.15, 0.2) is 0 Å². The van der Waals surface area contributed by atoms with Crippen LogP contribution in [-0.2, 0) is 0 Å². The summed E-state index contributed by atoms with van der Waals surface area (Å²) >= 11 is 3.45. The number of azo groups is 1. The van der Waals surface area contributed by atoms with Gasteiger partial charge in [0.2, 0.25) is 0 Å². The fourth-order valence-corrected chi connectivity index (χ4v) is 2.80. The predicted octanol–water partition coefficient (Wildman–Crippen LogP) is 7.62. The highest BCUT2D eigenvalue weighted by Gasteiger charge is 1.97. The molecule has 0 aliphatic rings. The Kier molecular flexibility index (Phi) is 10.6. The second-order valence-corrected chi connectivity index (χ2v) is 7.13. The second-order valence-electron chi connectivity index (χ2n) is 6.34. The van der Waals surface area contributed by atoms with E-state index in [2.05, 4.69) is 33.1 Å². The highest BCUT2D eigenvalue weighted by Crippen LogP contribution is 2.23. The molecule has 0 unspecified atom stereocenters.